The molecule has 0 bridgehead atoms. The van der Waals surface area contributed by atoms with Crippen molar-refractivity contribution in [2.24, 2.45) is 0 Å². The van der Waals surface area contributed by atoms with Crippen molar-refractivity contribution in [3.63, 3.8) is 0 Å². The molecule has 0 aliphatic carbocycles. The van der Waals surface area contributed by atoms with Gasteiger partial charge < -0.3 is 14.8 Å². The van der Waals surface area contributed by atoms with E-state index in [-0.39, 0.29) is 11.8 Å². The Kier molecular flexibility index (Phi) is 9.73. The van der Waals surface area contributed by atoms with Crippen LogP contribution in [0.3, 0.4) is 0 Å². The van der Waals surface area contributed by atoms with Crippen molar-refractivity contribution in [2.45, 2.75) is 51.6 Å². The maximum absolute atomic E-state index is 13.3. The lowest BCUT2D eigenvalue weighted by atomic mass is 9.96. The van der Waals surface area contributed by atoms with Crippen LogP contribution < -0.4 is 19.7 Å². The Morgan fingerprint density at radius 3 is 2.33 bits per heavy atom. The van der Waals surface area contributed by atoms with E-state index in [0.29, 0.717) is 30.3 Å². The second-order valence-electron chi connectivity index (χ2n) is 9.46. The minimum atomic E-state index is -0.525. The Bertz CT molecular complexity index is 1280. The minimum Gasteiger partial charge on any atom is -0.493 e. The predicted octanol–water partition coefficient (Wildman–Crippen LogP) is 7.26. The number of para-hydroxylation sites is 1. The Morgan fingerprint density at radius 2 is 1.64 bits per heavy atom. The van der Waals surface area contributed by atoms with Gasteiger partial charge in [0.15, 0.2) is 5.78 Å². The number of benzene rings is 3. The first kappa shape index (κ1) is 27.9. The molecule has 3 aromatic carbocycles. The van der Waals surface area contributed by atoms with Crippen LogP contribution in [0.25, 0.3) is 0 Å². The van der Waals surface area contributed by atoms with Crippen LogP contribution in [0.5, 0.6) is 11.5 Å². The highest BCUT2D eigenvalue weighted by Crippen LogP contribution is 2.40. The summed E-state index contributed by atoms with van der Waals surface area (Å²) in [5.41, 5.74) is 1.90. The number of allylic oxidation sites excluding steroid dienone is 1. The number of hydrogen-bond donors (Lipinski definition) is 1. The fraction of sp³-hybridized carbons (Fsp3) is 0.312. The molecule has 6 nitrogen and oxygen atoms in total. The fourth-order valence-corrected chi connectivity index (χ4v) is 4.47. The summed E-state index contributed by atoms with van der Waals surface area (Å²) >= 11 is 0. The van der Waals surface area contributed by atoms with Crippen molar-refractivity contribution in [3.05, 3.63) is 102 Å². The third kappa shape index (κ3) is 7.05. The largest absolute Gasteiger partial charge is 0.493 e. The predicted molar refractivity (Wildman–Crippen MR) is 151 cm³/mol. The number of urea groups is 1. The number of ketones is 1. The van der Waals surface area contributed by atoms with E-state index in [1.807, 2.05) is 48.5 Å². The number of nitrogens with one attached hydrogen (secondary N) is 1. The third-order valence-electron chi connectivity index (χ3n) is 6.57. The number of carbonyl (C=O) groups excluding carboxylic acids is 2. The number of unbranched alkanes of at least 4 members (excludes halogenated alkanes) is 2. The first-order chi connectivity index (χ1) is 19.0. The molecule has 0 radical (unpaired) electrons. The molecule has 1 N–H and O–H groups in total. The third-order valence-corrected chi connectivity index (χ3v) is 6.57. The summed E-state index contributed by atoms with van der Waals surface area (Å²) in [5.74, 6) is 0.666. The van der Waals surface area contributed by atoms with Crippen molar-refractivity contribution < 1.29 is 23.5 Å². The van der Waals surface area contributed by atoms with Gasteiger partial charge in [0.25, 0.3) is 0 Å². The number of ether oxygens (including phenoxy) is 2. The van der Waals surface area contributed by atoms with E-state index in [4.69, 9.17) is 9.47 Å². The molecule has 1 aliphatic heterocycles. The summed E-state index contributed by atoms with van der Waals surface area (Å²) in [6.45, 7) is 5.36. The number of rotatable bonds is 13. The molecule has 39 heavy (non-hydrogen) atoms. The summed E-state index contributed by atoms with van der Waals surface area (Å²) in [4.78, 5) is 27.8. The molecular formula is C32H35FN2O4. The van der Waals surface area contributed by atoms with Gasteiger partial charge in [0.1, 0.15) is 17.3 Å². The normalized spacial score (nSPS) is 16.9. The molecule has 204 valence electrons. The molecule has 0 spiro atoms. The molecule has 4 rings (SSSR count). The van der Waals surface area contributed by atoms with Gasteiger partial charge in [-0.25, -0.2) is 9.18 Å². The first-order valence-electron chi connectivity index (χ1n) is 13.5. The number of nitrogens with zero attached hydrogens (tertiary/aromatic N) is 1. The average molecular weight is 531 g/mol. The van der Waals surface area contributed by atoms with Crippen LogP contribution in [0.4, 0.5) is 14.9 Å². The van der Waals surface area contributed by atoms with Crippen LogP contribution in [0.2, 0.25) is 0 Å². The lowest BCUT2D eigenvalue weighted by Crippen LogP contribution is -2.29. The molecule has 1 fully saturated rings. The van der Waals surface area contributed by atoms with Crippen molar-refractivity contribution in [3.8, 4) is 11.5 Å². The standard InChI is InChI=1S/C32H35FN2O4/c1-3-5-20-38-26-16-17-27(30(22-26)39-21-6-4-2)31-28(18-19-29(36)23-12-14-24(33)15-13-23)34-32(37)35(31)25-10-8-7-9-11-25/h7-19,22,28,31H,3-6,20-21H2,1-2H3,(H,34,37)/b19-18+/t28-,31+/m0/s1. The zero-order valence-corrected chi connectivity index (χ0v) is 22.4. The number of carbonyl (C=O) groups is 2. The zero-order chi connectivity index (χ0) is 27.6. The minimum absolute atomic E-state index is 0.278. The molecule has 7 heteroatoms. The summed E-state index contributed by atoms with van der Waals surface area (Å²) in [6, 6.07) is 19.2. The summed E-state index contributed by atoms with van der Waals surface area (Å²) in [5, 5.41) is 3.02. The van der Waals surface area contributed by atoms with Gasteiger partial charge in [-0.3, -0.25) is 9.69 Å². The topological polar surface area (TPSA) is 67.9 Å². The van der Waals surface area contributed by atoms with Gasteiger partial charge in [-0.05, 0) is 67.4 Å². The van der Waals surface area contributed by atoms with Crippen LogP contribution in [0.1, 0.15) is 61.5 Å². The summed E-state index contributed by atoms with van der Waals surface area (Å²) < 4.78 is 25.5. The maximum Gasteiger partial charge on any atom is 0.323 e. The van der Waals surface area contributed by atoms with E-state index >= 15 is 0 Å². The maximum atomic E-state index is 13.3. The van der Waals surface area contributed by atoms with E-state index in [9.17, 15) is 14.0 Å². The molecule has 2 amide bonds. The van der Waals surface area contributed by atoms with Crippen LogP contribution in [0, 0.1) is 5.82 Å². The van der Waals surface area contributed by atoms with Crippen LogP contribution in [-0.4, -0.2) is 31.1 Å². The quantitative estimate of drug-likeness (QED) is 0.143. The number of amides is 2. The highest BCUT2D eigenvalue weighted by Gasteiger charge is 2.41. The first-order valence-corrected chi connectivity index (χ1v) is 13.5. The van der Waals surface area contributed by atoms with Gasteiger partial charge in [-0.1, -0.05) is 51.0 Å². The fourth-order valence-electron chi connectivity index (χ4n) is 4.47. The molecule has 0 aromatic heterocycles. The van der Waals surface area contributed by atoms with E-state index in [1.54, 1.807) is 11.0 Å². The number of anilines is 1. The lowest BCUT2D eigenvalue weighted by molar-refractivity contribution is 0.104. The van der Waals surface area contributed by atoms with Gasteiger partial charge >= 0.3 is 6.03 Å². The molecule has 1 heterocycles. The molecule has 0 saturated carbocycles. The smallest absolute Gasteiger partial charge is 0.323 e. The monoisotopic (exact) mass is 530 g/mol. The SMILES string of the molecule is CCCCOc1ccc([C@@H]2[C@H](/C=C/C(=O)c3ccc(F)cc3)NC(=O)N2c2ccccc2)c(OCCCC)c1. The van der Waals surface area contributed by atoms with E-state index in [0.717, 1.165) is 36.9 Å². The van der Waals surface area contributed by atoms with E-state index in [2.05, 4.69) is 19.2 Å². The molecule has 0 unspecified atom stereocenters. The van der Waals surface area contributed by atoms with Crippen molar-refractivity contribution in [1.29, 1.82) is 0 Å². The Hall–Kier alpha value is -4.13. The highest BCUT2D eigenvalue weighted by molar-refractivity contribution is 6.04. The van der Waals surface area contributed by atoms with Crippen LogP contribution >= 0.6 is 0 Å². The summed E-state index contributed by atoms with van der Waals surface area (Å²) in [6.07, 6.45) is 6.98. The van der Waals surface area contributed by atoms with Gasteiger partial charge in [0.05, 0.1) is 25.3 Å². The van der Waals surface area contributed by atoms with Crippen molar-refractivity contribution in [1.82, 2.24) is 5.32 Å². The lowest BCUT2D eigenvalue weighted by Gasteiger charge is -2.28. The zero-order valence-electron chi connectivity index (χ0n) is 22.4. The Morgan fingerprint density at radius 1 is 0.949 bits per heavy atom. The second-order valence-corrected chi connectivity index (χ2v) is 9.46. The highest BCUT2D eigenvalue weighted by atomic mass is 19.1. The Labute approximate surface area is 229 Å². The van der Waals surface area contributed by atoms with E-state index < -0.39 is 17.9 Å². The van der Waals surface area contributed by atoms with Crippen LogP contribution in [-0.2, 0) is 0 Å². The number of hydrogen-bond acceptors (Lipinski definition) is 4. The molecule has 1 aliphatic rings. The average Bonchev–Trinajstić information content (AvgIpc) is 3.28. The van der Waals surface area contributed by atoms with Gasteiger partial charge in [-0.2, -0.15) is 0 Å². The van der Waals surface area contributed by atoms with Crippen molar-refractivity contribution >= 4 is 17.5 Å². The molecular weight excluding hydrogens is 495 g/mol. The van der Waals surface area contributed by atoms with Gasteiger partial charge in [0, 0.05) is 22.9 Å². The second kappa shape index (κ2) is 13.6. The summed E-state index contributed by atoms with van der Waals surface area (Å²) in [7, 11) is 0. The van der Waals surface area contributed by atoms with Crippen molar-refractivity contribution in [2.75, 3.05) is 18.1 Å². The Balaban J connectivity index is 1.71. The molecule has 2 atom stereocenters. The van der Waals surface area contributed by atoms with Gasteiger partial charge in [-0.15, -0.1) is 0 Å². The van der Waals surface area contributed by atoms with Gasteiger partial charge in [0.2, 0.25) is 0 Å². The molecule has 1 saturated heterocycles. The molecule has 3 aromatic rings. The van der Waals surface area contributed by atoms with E-state index in [1.165, 1.54) is 30.3 Å². The van der Waals surface area contributed by atoms with Crippen LogP contribution in [0.15, 0.2) is 84.9 Å². The number of halogens is 1.